The van der Waals surface area contributed by atoms with E-state index < -0.39 is 12.6 Å². The molecule has 148 valence electrons. The van der Waals surface area contributed by atoms with Crippen LogP contribution in [0.4, 0.5) is 0 Å². The van der Waals surface area contributed by atoms with E-state index in [1.807, 2.05) is 39.8 Å². The maximum atomic E-state index is 12.2. The van der Waals surface area contributed by atoms with Gasteiger partial charge in [-0.15, -0.1) is 0 Å². The molecule has 27 heavy (non-hydrogen) atoms. The average molecular weight is 373 g/mol. The van der Waals surface area contributed by atoms with E-state index in [9.17, 15) is 14.9 Å². The van der Waals surface area contributed by atoms with Crippen molar-refractivity contribution in [1.29, 1.82) is 5.26 Å². The highest BCUT2D eigenvalue weighted by Gasteiger charge is 2.16. The first-order valence-electron chi connectivity index (χ1n) is 9.44. The number of nitriles is 1. The topological polar surface area (TPSA) is 84.1 Å². The van der Waals surface area contributed by atoms with E-state index in [0.29, 0.717) is 5.92 Å². The predicted molar refractivity (Wildman–Crippen MR) is 106 cm³/mol. The Hall–Kier alpha value is -2.55. The SMILES string of the molecule is CC[C@H](C)NC(=O)COC(=O)/C(C#N)=C/c1cc(C)n(CCC(C)C)c1C. The molecule has 0 fully saturated rings. The number of amides is 1. The van der Waals surface area contributed by atoms with Crippen molar-refractivity contribution in [3.05, 3.63) is 28.6 Å². The zero-order valence-corrected chi connectivity index (χ0v) is 17.3. The monoisotopic (exact) mass is 373 g/mol. The van der Waals surface area contributed by atoms with Crippen LogP contribution in [0.25, 0.3) is 6.08 Å². The second kappa shape index (κ2) is 10.6. The summed E-state index contributed by atoms with van der Waals surface area (Å²) in [6.07, 6.45) is 3.37. The maximum absolute atomic E-state index is 12.2. The Labute approximate surface area is 162 Å². The molecule has 0 radical (unpaired) electrons. The third-order valence-corrected chi connectivity index (χ3v) is 4.54. The molecule has 1 heterocycles. The summed E-state index contributed by atoms with van der Waals surface area (Å²) < 4.78 is 7.17. The Bertz CT molecular complexity index is 739. The summed E-state index contributed by atoms with van der Waals surface area (Å²) in [7, 11) is 0. The van der Waals surface area contributed by atoms with Gasteiger partial charge in [0.05, 0.1) is 0 Å². The van der Waals surface area contributed by atoms with Crippen LogP contribution < -0.4 is 5.32 Å². The standard InChI is InChI=1S/C21H31N3O3/c1-7-15(4)23-20(25)13-27-21(26)19(12-22)11-18-10-16(5)24(17(18)6)9-8-14(2)3/h10-11,14-15H,7-9,13H2,1-6H3,(H,23,25)/b19-11+/t15-/m0/s1. The predicted octanol–water partition coefficient (Wildman–Crippen LogP) is 3.52. The van der Waals surface area contributed by atoms with Crippen molar-refractivity contribution in [3.8, 4) is 6.07 Å². The van der Waals surface area contributed by atoms with Crippen molar-refractivity contribution < 1.29 is 14.3 Å². The lowest BCUT2D eigenvalue weighted by Crippen LogP contribution is -2.35. The van der Waals surface area contributed by atoms with Crippen LogP contribution in [0.15, 0.2) is 11.6 Å². The van der Waals surface area contributed by atoms with Crippen LogP contribution in [-0.2, 0) is 20.9 Å². The van der Waals surface area contributed by atoms with Gasteiger partial charge in [-0.25, -0.2) is 4.79 Å². The molecule has 1 aromatic heterocycles. The van der Waals surface area contributed by atoms with Crippen molar-refractivity contribution in [1.82, 2.24) is 9.88 Å². The lowest BCUT2D eigenvalue weighted by molar-refractivity contribution is -0.144. The summed E-state index contributed by atoms with van der Waals surface area (Å²) in [5.74, 6) is -0.568. The van der Waals surface area contributed by atoms with Crippen LogP contribution in [0, 0.1) is 31.1 Å². The van der Waals surface area contributed by atoms with E-state index in [2.05, 4.69) is 23.7 Å². The second-order valence-corrected chi connectivity index (χ2v) is 7.28. The smallest absolute Gasteiger partial charge is 0.349 e. The fourth-order valence-corrected chi connectivity index (χ4v) is 2.62. The number of rotatable bonds is 9. The molecule has 6 heteroatoms. The molecule has 1 aromatic rings. The van der Waals surface area contributed by atoms with Crippen LogP contribution in [0.1, 0.15) is 57.5 Å². The first-order valence-corrected chi connectivity index (χ1v) is 9.44. The zero-order valence-electron chi connectivity index (χ0n) is 17.3. The van der Waals surface area contributed by atoms with Gasteiger partial charge in [0.1, 0.15) is 11.6 Å². The molecule has 0 saturated carbocycles. The molecular formula is C21H31N3O3. The first-order chi connectivity index (χ1) is 12.7. The summed E-state index contributed by atoms with van der Waals surface area (Å²) in [6.45, 7) is 12.7. The quantitative estimate of drug-likeness (QED) is 0.408. The Balaban J connectivity index is 2.85. The van der Waals surface area contributed by atoms with E-state index in [-0.39, 0.29) is 17.5 Å². The maximum Gasteiger partial charge on any atom is 0.349 e. The van der Waals surface area contributed by atoms with Gasteiger partial charge in [-0.05, 0) is 57.2 Å². The number of esters is 1. The number of nitrogens with zero attached hydrogens (tertiary/aromatic N) is 2. The summed E-state index contributed by atoms with van der Waals surface area (Å²) in [5, 5.41) is 12.0. The van der Waals surface area contributed by atoms with Gasteiger partial charge in [-0.2, -0.15) is 5.26 Å². The van der Waals surface area contributed by atoms with Crippen LogP contribution in [0.2, 0.25) is 0 Å². The number of carbonyl (C=O) groups is 2. The number of ether oxygens (including phenoxy) is 1. The number of hydrogen-bond acceptors (Lipinski definition) is 4. The van der Waals surface area contributed by atoms with Crippen LogP contribution in [0.5, 0.6) is 0 Å². The lowest BCUT2D eigenvalue weighted by atomic mass is 10.1. The van der Waals surface area contributed by atoms with Crippen molar-refractivity contribution >= 4 is 18.0 Å². The molecule has 0 unspecified atom stereocenters. The van der Waals surface area contributed by atoms with Crippen LogP contribution >= 0.6 is 0 Å². The van der Waals surface area contributed by atoms with Gasteiger partial charge in [0.25, 0.3) is 5.91 Å². The molecule has 1 N–H and O–H groups in total. The van der Waals surface area contributed by atoms with E-state index in [0.717, 1.165) is 36.3 Å². The fourth-order valence-electron chi connectivity index (χ4n) is 2.62. The van der Waals surface area contributed by atoms with Crippen molar-refractivity contribution in [2.75, 3.05) is 6.61 Å². The van der Waals surface area contributed by atoms with E-state index in [1.54, 1.807) is 0 Å². The van der Waals surface area contributed by atoms with Crippen molar-refractivity contribution in [3.63, 3.8) is 0 Å². The highest BCUT2D eigenvalue weighted by molar-refractivity contribution is 5.99. The molecule has 0 aliphatic rings. The van der Waals surface area contributed by atoms with E-state index >= 15 is 0 Å². The summed E-state index contributed by atoms with van der Waals surface area (Å²) in [6, 6.07) is 3.84. The second-order valence-electron chi connectivity index (χ2n) is 7.28. The summed E-state index contributed by atoms with van der Waals surface area (Å²) in [5.41, 5.74) is 2.78. The third kappa shape index (κ3) is 6.93. The Kier molecular flexibility index (Phi) is 8.80. The van der Waals surface area contributed by atoms with Gasteiger partial charge in [0.15, 0.2) is 6.61 Å². The number of carbonyl (C=O) groups excluding carboxylic acids is 2. The van der Waals surface area contributed by atoms with Crippen molar-refractivity contribution in [2.24, 2.45) is 5.92 Å². The molecular weight excluding hydrogens is 342 g/mol. The number of nitrogens with one attached hydrogen (secondary N) is 1. The molecule has 1 amide bonds. The van der Waals surface area contributed by atoms with Crippen LogP contribution in [-0.4, -0.2) is 29.1 Å². The van der Waals surface area contributed by atoms with Gasteiger partial charge >= 0.3 is 5.97 Å². The molecule has 6 nitrogen and oxygen atoms in total. The first kappa shape index (κ1) is 22.5. The van der Waals surface area contributed by atoms with Gasteiger partial charge in [-0.1, -0.05) is 20.8 Å². The minimum atomic E-state index is -0.788. The molecule has 0 saturated heterocycles. The molecule has 0 aliphatic carbocycles. The summed E-state index contributed by atoms with van der Waals surface area (Å²) >= 11 is 0. The lowest BCUT2D eigenvalue weighted by Gasteiger charge is -2.11. The zero-order chi connectivity index (χ0) is 20.6. The van der Waals surface area contributed by atoms with Gasteiger partial charge < -0.3 is 14.6 Å². The van der Waals surface area contributed by atoms with Gasteiger partial charge in [0, 0.05) is 24.0 Å². The molecule has 0 spiro atoms. The Morgan fingerprint density at radius 3 is 2.56 bits per heavy atom. The van der Waals surface area contributed by atoms with Crippen molar-refractivity contribution in [2.45, 2.75) is 67.0 Å². The van der Waals surface area contributed by atoms with Crippen LogP contribution in [0.3, 0.4) is 0 Å². The molecule has 1 rings (SSSR count). The number of hydrogen-bond donors (Lipinski definition) is 1. The number of aryl methyl sites for hydroxylation is 1. The minimum Gasteiger partial charge on any atom is -0.451 e. The highest BCUT2D eigenvalue weighted by Crippen LogP contribution is 2.20. The average Bonchev–Trinajstić information content (AvgIpc) is 2.88. The normalized spacial score (nSPS) is 12.6. The molecule has 0 aromatic carbocycles. The van der Waals surface area contributed by atoms with Gasteiger partial charge in [0.2, 0.25) is 0 Å². The molecule has 0 bridgehead atoms. The largest absolute Gasteiger partial charge is 0.451 e. The fraction of sp³-hybridized carbons (Fsp3) is 0.571. The summed E-state index contributed by atoms with van der Waals surface area (Å²) in [4.78, 5) is 23.9. The minimum absolute atomic E-state index is 0.0124. The third-order valence-electron chi connectivity index (χ3n) is 4.54. The Morgan fingerprint density at radius 1 is 1.33 bits per heavy atom. The van der Waals surface area contributed by atoms with Gasteiger partial charge in [-0.3, -0.25) is 4.79 Å². The Morgan fingerprint density at radius 2 is 2.00 bits per heavy atom. The van der Waals surface area contributed by atoms with E-state index in [1.165, 1.54) is 6.08 Å². The van der Waals surface area contributed by atoms with E-state index in [4.69, 9.17) is 4.74 Å². The highest BCUT2D eigenvalue weighted by atomic mass is 16.5. The molecule has 0 aliphatic heterocycles. The molecule has 1 atom stereocenters. The number of aromatic nitrogens is 1.